The van der Waals surface area contributed by atoms with Gasteiger partial charge in [0.2, 0.25) is 0 Å². The number of rotatable bonds is 3. The van der Waals surface area contributed by atoms with Crippen molar-refractivity contribution in [2.24, 2.45) is 5.41 Å². The van der Waals surface area contributed by atoms with E-state index in [0.29, 0.717) is 5.41 Å². The molecule has 0 saturated carbocycles. The Morgan fingerprint density at radius 2 is 1.92 bits per heavy atom. The van der Waals surface area contributed by atoms with Crippen molar-refractivity contribution in [2.45, 2.75) is 19.8 Å². The molecule has 0 aliphatic carbocycles. The highest BCUT2D eigenvalue weighted by Crippen LogP contribution is 2.34. The first-order valence-corrected chi connectivity index (χ1v) is 4.96. The third-order valence-electron chi connectivity index (χ3n) is 2.99. The van der Waals surface area contributed by atoms with E-state index in [1.54, 1.807) is 0 Å². The molecule has 0 N–H and O–H groups in total. The lowest BCUT2D eigenvalue weighted by Crippen LogP contribution is -2.43. The predicted octanol–water partition coefficient (Wildman–Crippen LogP) is 2.66. The molecule has 1 aliphatic heterocycles. The molecule has 1 aromatic rings. The summed E-state index contributed by atoms with van der Waals surface area (Å²) in [5, 5.41) is 0. The van der Waals surface area contributed by atoms with Crippen LogP contribution in [-0.2, 0) is 11.2 Å². The second-order valence-corrected chi connectivity index (χ2v) is 4.01. The van der Waals surface area contributed by atoms with Gasteiger partial charge in [0.25, 0.3) is 0 Å². The van der Waals surface area contributed by atoms with Gasteiger partial charge < -0.3 is 4.74 Å². The number of benzene rings is 1. The Hall–Kier alpha value is -0.820. The van der Waals surface area contributed by atoms with Crippen molar-refractivity contribution in [2.75, 3.05) is 13.2 Å². The van der Waals surface area contributed by atoms with Crippen LogP contribution in [0.3, 0.4) is 0 Å². The fourth-order valence-electron chi connectivity index (χ4n) is 1.85. The molecule has 70 valence electrons. The summed E-state index contributed by atoms with van der Waals surface area (Å²) in [5.41, 5.74) is 1.88. The van der Waals surface area contributed by atoms with Crippen LogP contribution in [0.5, 0.6) is 0 Å². The van der Waals surface area contributed by atoms with Crippen LogP contribution in [0.1, 0.15) is 18.9 Å². The summed E-state index contributed by atoms with van der Waals surface area (Å²) in [6, 6.07) is 10.7. The molecule has 0 atom stereocenters. The molecule has 2 rings (SSSR count). The molecule has 1 heteroatoms. The Labute approximate surface area is 79.7 Å². The monoisotopic (exact) mass is 176 g/mol. The Bertz CT molecular complexity index is 256. The second kappa shape index (κ2) is 3.51. The molecule has 0 spiro atoms. The summed E-state index contributed by atoms with van der Waals surface area (Å²) in [6.45, 7) is 4.14. The Balaban J connectivity index is 2.05. The maximum atomic E-state index is 5.30. The van der Waals surface area contributed by atoms with Crippen LogP contribution in [0, 0.1) is 5.41 Å². The van der Waals surface area contributed by atoms with E-state index in [9.17, 15) is 0 Å². The average molecular weight is 176 g/mol. The highest BCUT2D eigenvalue weighted by atomic mass is 16.5. The number of hydrogen-bond donors (Lipinski definition) is 0. The lowest BCUT2D eigenvalue weighted by atomic mass is 9.78. The van der Waals surface area contributed by atoms with Crippen molar-refractivity contribution in [3.05, 3.63) is 35.9 Å². The maximum absolute atomic E-state index is 5.30. The molecular weight excluding hydrogens is 160 g/mol. The topological polar surface area (TPSA) is 9.23 Å². The van der Waals surface area contributed by atoms with E-state index in [1.807, 2.05) is 0 Å². The Kier molecular flexibility index (Phi) is 2.36. The van der Waals surface area contributed by atoms with Crippen LogP contribution in [0.4, 0.5) is 0 Å². The lowest BCUT2D eigenvalue weighted by molar-refractivity contribution is -0.114. The van der Waals surface area contributed by atoms with Crippen LogP contribution in [0.2, 0.25) is 0 Å². The standard InChI is InChI=1S/C12H16O/c1-2-12(9-13-10-12)8-11-6-4-3-5-7-11/h3-7H,2,8-10H2,1H3. The van der Waals surface area contributed by atoms with Gasteiger partial charge in [-0.3, -0.25) is 0 Å². The molecule has 0 amide bonds. The van der Waals surface area contributed by atoms with Gasteiger partial charge >= 0.3 is 0 Å². The van der Waals surface area contributed by atoms with Crippen molar-refractivity contribution in [3.8, 4) is 0 Å². The largest absolute Gasteiger partial charge is 0.380 e. The predicted molar refractivity (Wildman–Crippen MR) is 53.7 cm³/mol. The summed E-state index contributed by atoms with van der Waals surface area (Å²) < 4.78 is 5.30. The molecule has 0 aromatic heterocycles. The van der Waals surface area contributed by atoms with Crippen molar-refractivity contribution >= 4 is 0 Å². The first kappa shape index (κ1) is 8.76. The second-order valence-electron chi connectivity index (χ2n) is 4.01. The molecular formula is C12H16O. The Morgan fingerprint density at radius 3 is 2.38 bits per heavy atom. The number of hydrogen-bond acceptors (Lipinski definition) is 1. The summed E-state index contributed by atoms with van der Waals surface area (Å²) >= 11 is 0. The summed E-state index contributed by atoms with van der Waals surface area (Å²) in [5.74, 6) is 0. The highest BCUT2D eigenvalue weighted by Gasteiger charge is 2.36. The minimum Gasteiger partial charge on any atom is -0.380 e. The van der Waals surface area contributed by atoms with Crippen molar-refractivity contribution in [1.29, 1.82) is 0 Å². The zero-order chi connectivity index (χ0) is 9.15. The fourth-order valence-corrected chi connectivity index (χ4v) is 1.85. The average Bonchev–Trinajstić information content (AvgIpc) is 2.13. The molecule has 1 aliphatic rings. The normalized spacial score (nSPS) is 19.5. The van der Waals surface area contributed by atoms with Gasteiger partial charge in [-0.1, -0.05) is 37.3 Å². The third-order valence-corrected chi connectivity index (χ3v) is 2.99. The molecule has 1 heterocycles. The summed E-state index contributed by atoms with van der Waals surface area (Å²) in [6.07, 6.45) is 2.40. The molecule has 13 heavy (non-hydrogen) atoms. The van der Waals surface area contributed by atoms with Crippen molar-refractivity contribution < 1.29 is 4.74 Å². The van der Waals surface area contributed by atoms with Gasteiger partial charge in [0.05, 0.1) is 13.2 Å². The van der Waals surface area contributed by atoms with Crippen LogP contribution in [0.25, 0.3) is 0 Å². The molecule has 0 bridgehead atoms. The van der Waals surface area contributed by atoms with Gasteiger partial charge in [0.15, 0.2) is 0 Å². The summed E-state index contributed by atoms with van der Waals surface area (Å²) in [4.78, 5) is 0. The smallest absolute Gasteiger partial charge is 0.0547 e. The number of ether oxygens (including phenoxy) is 1. The van der Waals surface area contributed by atoms with Gasteiger partial charge in [-0.2, -0.15) is 0 Å². The van der Waals surface area contributed by atoms with Crippen LogP contribution in [-0.4, -0.2) is 13.2 Å². The van der Waals surface area contributed by atoms with E-state index in [1.165, 1.54) is 18.4 Å². The molecule has 0 unspecified atom stereocenters. The van der Waals surface area contributed by atoms with Gasteiger partial charge in [-0.25, -0.2) is 0 Å². The van der Waals surface area contributed by atoms with Gasteiger partial charge in [-0.15, -0.1) is 0 Å². The first-order chi connectivity index (χ1) is 6.35. The molecule has 1 aromatic carbocycles. The van der Waals surface area contributed by atoms with Gasteiger partial charge in [0, 0.05) is 5.41 Å². The van der Waals surface area contributed by atoms with E-state index in [2.05, 4.69) is 37.3 Å². The van der Waals surface area contributed by atoms with Crippen molar-refractivity contribution in [3.63, 3.8) is 0 Å². The van der Waals surface area contributed by atoms with Crippen molar-refractivity contribution in [1.82, 2.24) is 0 Å². The third kappa shape index (κ3) is 1.75. The fraction of sp³-hybridized carbons (Fsp3) is 0.500. The van der Waals surface area contributed by atoms with E-state index in [4.69, 9.17) is 4.74 Å². The zero-order valence-electron chi connectivity index (χ0n) is 8.12. The summed E-state index contributed by atoms with van der Waals surface area (Å²) in [7, 11) is 0. The Morgan fingerprint density at radius 1 is 1.23 bits per heavy atom. The van der Waals surface area contributed by atoms with Crippen LogP contribution >= 0.6 is 0 Å². The first-order valence-electron chi connectivity index (χ1n) is 4.96. The van der Waals surface area contributed by atoms with Crippen LogP contribution in [0.15, 0.2) is 30.3 Å². The van der Waals surface area contributed by atoms with Gasteiger partial charge in [-0.05, 0) is 18.4 Å². The minimum absolute atomic E-state index is 0.446. The quantitative estimate of drug-likeness (QED) is 0.688. The molecule has 1 nitrogen and oxygen atoms in total. The molecule has 1 fully saturated rings. The maximum Gasteiger partial charge on any atom is 0.0547 e. The van der Waals surface area contributed by atoms with Crippen LogP contribution < -0.4 is 0 Å². The van der Waals surface area contributed by atoms with Gasteiger partial charge in [0.1, 0.15) is 0 Å². The molecule has 0 radical (unpaired) electrons. The van der Waals surface area contributed by atoms with E-state index >= 15 is 0 Å². The van der Waals surface area contributed by atoms with E-state index < -0.39 is 0 Å². The van der Waals surface area contributed by atoms with E-state index in [0.717, 1.165) is 13.2 Å². The van der Waals surface area contributed by atoms with E-state index in [-0.39, 0.29) is 0 Å². The molecule has 1 saturated heterocycles. The zero-order valence-corrected chi connectivity index (χ0v) is 8.12. The highest BCUT2D eigenvalue weighted by molar-refractivity contribution is 5.17. The SMILES string of the molecule is CCC1(Cc2ccccc2)COC1. The minimum atomic E-state index is 0.446. The lowest BCUT2D eigenvalue weighted by Gasteiger charge is -2.41.